The molecule has 130 valence electrons. The first-order valence-corrected chi connectivity index (χ1v) is 9.11. The number of aliphatic hydroxyl groups excluding tert-OH is 1. The van der Waals surface area contributed by atoms with Crippen molar-refractivity contribution in [2.24, 2.45) is 0 Å². The summed E-state index contributed by atoms with van der Waals surface area (Å²) in [5.74, 6) is -0.260. The van der Waals surface area contributed by atoms with E-state index < -0.39 is 21.9 Å². The highest BCUT2D eigenvalue weighted by atomic mass is 32.2. The number of sulfonamides is 1. The third-order valence-electron chi connectivity index (χ3n) is 4.09. The van der Waals surface area contributed by atoms with Gasteiger partial charge in [-0.05, 0) is 24.3 Å². The van der Waals surface area contributed by atoms with Gasteiger partial charge in [-0.1, -0.05) is 12.1 Å². The molecule has 1 aromatic carbocycles. The van der Waals surface area contributed by atoms with E-state index in [-0.39, 0.29) is 18.0 Å². The summed E-state index contributed by atoms with van der Waals surface area (Å²) in [5, 5.41) is 10.1. The second-order valence-electron chi connectivity index (χ2n) is 5.67. The number of benzene rings is 1. The van der Waals surface area contributed by atoms with Crippen molar-refractivity contribution in [2.75, 3.05) is 32.7 Å². The minimum absolute atomic E-state index is 0.252. The summed E-state index contributed by atoms with van der Waals surface area (Å²) in [6.45, 7) is 1.79. The predicted octanol–water partition coefficient (Wildman–Crippen LogP) is 1.46. The molecule has 1 N–H and O–H groups in total. The Morgan fingerprint density at radius 2 is 1.83 bits per heavy atom. The molecule has 1 aromatic heterocycles. The normalized spacial score (nSPS) is 18.6. The smallest absolute Gasteiger partial charge is 0.246 e. The molecule has 0 saturated carbocycles. The van der Waals surface area contributed by atoms with Gasteiger partial charge in [-0.15, -0.1) is 0 Å². The van der Waals surface area contributed by atoms with E-state index in [0.717, 1.165) is 6.07 Å². The lowest BCUT2D eigenvalue weighted by Gasteiger charge is -2.34. The zero-order valence-electron chi connectivity index (χ0n) is 13.0. The first-order valence-electron chi connectivity index (χ1n) is 7.67. The minimum Gasteiger partial charge on any atom is -0.467 e. The quantitative estimate of drug-likeness (QED) is 0.880. The third-order valence-corrected chi connectivity index (χ3v) is 6.02. The van der Waals surface area contributed by atoms with Crippen molar-refractivity contribution in [2.45, 2.75) is 11.0 Å². The maximum absolute atomic E-state index is 13.8. The molecule has 1 aliphatic heterocycles. The van der Waals surface area contributed by atoms with E-state index in [4.69, 9.17) is 4.42 Å². The molecule has 0 spiro atoms. The highest BCUT2D eigenvalue weighted by molar-refractivity contribution is 7.89. The zero-order valence-corrected chi connectivity index (χ0v) is 13.8. The number of hydrogen-bond acceptors (Lipinski definition) is 5. The van der Waals surface area contributed by atoms with E-state index in [1.54, 1.807) is 12.1 Å². The molecule has 6 nitrogen and oxygen atoms in total. The van der Waals surface area contributed by atoms with Crippen LogP contribution in [0.2, 0.25) is 0 Å². The van der Waals surface area contributed by atoms with E-state index in [9.17, 15) is 17.9 Å². The Labute approximate surface area is 140 Å². The van der Waals surface area contributed by atoms with Crippen LogP contribution in [0, 0.1) is 5.82 Å². The van der Waals surface area contributed by atoms with Gasteiger partial charge in [0, 0.05) is 32.7 Å². The molecule has 0 radical (unpaired) electrons. The lowest BCUT2D eigenvalue weighted by molar-refractivity contribution is 0.0776. The molecule has 1 atom stereocenters. The van der Waals surface area contributed by atoms with Gasteiger partial charge in [0.1, 0.15) is 22.6 Å². The molecule has 0 aliphatic carbocycles. The highest BCUT2D eigenvalue weighted by Crippen LogP contribution is 2.21. The van der Waals surface area contributed by atoms with Crippen molar-refractivity contribution in [3.63, 3.8) is 0 Å². The first kappa shape index (κ1) is 17.1. The van der Waals surface area contributed by atoms with Crippen molar-refractivity contribution in [1.29, 1.82) is 0 Å². The standard InChI is InChI=1S/C16H19FN2O4S/c17-13-4-1-2-6-16(13)24(21,22)19-9-7-18(8-10-19)12-14(20)15-5-3-11-23-15/h1-6,11,14,20H,7-10,12H2/t14-/m0/s1. The summed E-state index contributed by atoms with van der Waals surface area (Å²) in [6.07, 6.45) is 0.743. The SMILES string of the molecule is O=S(=O)(c1ccccc1F)N1CCN(C[C@H](O)c2ccco2)CC1. The van der Waals surface area contributed by atoms with Gasteiger partial charge in [0.25, 0.3) is 0 Å². The topological polar surface area (TPSA) is 74.0 Å². The van der Waals surface area contributed by atoms with Gasteiger partial charge in [-0.3, -0.25) is 4.90 Å². The number of halogens is 1. The molecule has 24 heavy (non-hydrogen) atoms. The Hall–Kier alpha value is -1.74. The second-order valence-corrected chi connectivity index (χ2v) is 7.57. The highest BCUT2D eigenvalue weighted by Gasteiger charge is 2.31. The fraction of sp³-hybridized carbons (Fsp3) is 0.375. The van der Waals surface area contributed by atoms with Crippen molar-refractivity contribution >= 4 is 10.0 Å². The Morgan fingerprint density at radius 1 is 1.12 bits per heavy atom. The summed E-state index contributed by atoms with van der Waals surface area (Å²) in [6, 6.07) is 8.79. The number of aliphatic hydroxyl groups is 1. The maximum Gasteiger partial charge on any atom is 0.246 e. The van der Waals surface area contributed by atoms with Gasteiger partial charge in [0.05, 0.1) is 6.26 Å². The van der Waals surface area contributed by atoms with Crippen LogP contribution in [0.3, 0.4) is 0 Å². The number of rotatable bonds is 5. The Bertz CT molecular complexity index is 771. The van der Waals surface area contributed by atoms with E-state index >= 15 is 0 Å². The van der Waals surface area contributed by atoms with Gasteiger partial charge in [-0.2, -0.15) is 4.31 Å². The summed E-state index contributed by atoms with van der Waals surface area (Å²) >= 11 is 0. The Kier molecular flexibility index (Phi) is 5.00. The summed E-state index contributed by atoms with van der Waals surface area (Å²) < 4.78 is 45.3. The molecule has 8 heteroatoms. The van der Waals surface area contributed by atoms with E-state index in [2.05, 4.69) is 0 Å². The zero-order chi connectivity index (χ0) is 17.2. The predicted molar refractivity (Wildman–Crippen MR) is 85.3 cm³/mol. The van der Waals surface area contributed by atoms with Gasteiger partial charge in [-0.25, -0.2) is 12.8 Å². The van der Waals surface area contributed by atoms with Gasteiger partial charge in [0.2, 0.25) is 10.0 Å². The van der Waals surface area contributed by atoms with E-state index in [1.165, 1.54) is 28.8 Å². The van der Waals surface area contributed by atoms with Crippen LogP contribution in [0.25, 0.3) is 0 Å². The van der Waals surface area contributed by atoms with Crippen molar-refractivity contribution in [1.82, 2.24) is 9.21 Å². The van der Waals surface area contributed by atoms with Crippen molar-refractivity contribution < 1.29 is 22.3 Å². The third kappa shape index (κ3) is 3.51. The summed E-state index contributed by atoms with van der Waals surface area (Å²) in [5.41, 5.74) is 0. The van der Waals surface area contributed by atoms with Gasteiger partial charge >= 0.3 is 0 Å². The maximum atomic E-state index is 13.8. The van der Waals surface area contributed by atoms with E-state index in [0.29, 0.717) is 25.4 Å². The molecule has 0 unspecified atom stereocenters. The van der Waals surface area contributed by atoms with Crippen molar-refractivity contribution in [3.8, 4) is 0 Å². The Morgan fingerprint density at radius 3 is 2.46 bits per heavy atom. The molecular weight excluding hydrogens is 335 g/mol. The van der Waals surface area contributed by atoms with Crippen molar-refractivity contribution in [3.05, 3.63) is 54.2 Å². The van der Waals surface area contributed by atoms with Crippen LogP contribution in [0.1, 0.15) is 11.9 Å². The lowest BCUT2D eigenvalue weighted by Crippen LogP contribution is -2.49. The van der Waals surface area contributed by atoms with Crippen LogP contribution in [0.4, 0.5) is 4.39 Å². The largest absolute Gasteiger partial charge is 0.467 e. The number of furan rings is 1. The van der Waals surface area contributed by atoms with Crippen LogP contribution >= 0.6 is 0 Å². The summed E-state index contributed by atoms with van der Waals surface area (Å²) in [4.78, 5) is 1.66. The van der Waals surface area contributed by atoms with Gasteiger partial charge in [0.15, 0.2) is 0 Å². The number of piperazine rings is 1. The Balaban J connectivity index is 1.62. The number of nitrogens with zero attached hydrogens (tertiary/aromatic N) is 2. The van der Waals surface area contributed by atoms with Gasteiger partial charge < -0.3 is 9.52 Å². The molecule has 0 bridgehead atoms. The number of hydrogen-bond donors (Lipinski definition) is 1. The average Bonchev–Trinajstić information content (AvgIpc) is 3.10. The molecule has 2 heterocycles. The molecule has 3 rings (SSSR count). The monoisotopic (exact) mass is 354 g/mol. The summed E-state index contributed by atoms with van der Waals surface area (Å²) in [7, 11) is -3.84. The molecular formula is C16H19FN2O4S. The fourth-order valence-electron chi connectivity index (χ4n) is 2.76. The minimum atomic E-state index is -3.84. The molecule has 1 saturated heterocycles. The van der Waals surface area contributed by atoms with Crippen LogP contribution in [0.5, 0.6) is 0 Å². The fourth-order valence-corrected chi connectivity index (χ4v) is 4.25. The molecule has 2 aromatic rings. The van der Waals surface area contributed by atoms with Crippen LogP contribution in [-0.4, -0.2) is 55.5 Å². The molecule has 0 amide bonds. The van der Waals surface area contributed by atoms with Crippen LogP contribution in [-0.2, 0) is 10.0 Å². The lowest BCUT2D eigenvalue weighted by atomic mass is 10.2. The second kappa shape index (κ2) is 7.02. The van der Waals surface area contributed by atoms with Crippen LogP contribution < -0.4 is 0 Å². The van der Waals surface area contributed by atoms with Crippen LogP contribution in [0.15, 0.2) is 52.0 Å². The molecule has 1 fully saturated rings. The average molecular weight is 354 g/mol. The van der Waals surface area contributed by atoms with E-state index in [1.807, 2.05) is 4.90 Å². The number of β-amino-alcohol motifs (C(OH)–C–C–N with tert-alkyl or cyclic N) is 1. The first-order chi connectivity index (χ1) is 11.5. The molecule has 1 aliphatic rings.